The summed E-state index contributed by atoms with van der Waals surface area (Å²) in [6, 6.07) is 8.89. The summed E-state index contributed by atoms with van der Waals surface area (Å²) in [5.41, 5.74) is 5.43. The van der Waals surface area contributed by atoms with E-state index >= 15 is 0 Å². The molecule has 1 heterocycles. The molecule has 0 N–H and O–H groups in total. The number of hydrogen-bond donors (Lipinski definition) is 0. The second-order valence-electron chi connectivity index (χ2n) is 3.76. The number of benzene rings is 1. The van der Waals surface area contributed by atoms with Gasteiger partial charge in [-0.15, -0.1) is 0 Å². The van der Waals surface area contributed by atoms with Crippen LogP contribution in [-0.4, -0.2) is 0 Å². The second kappa shape index (κ2) is 4.63. The summed E-state index contributed by atoms with van der Waals surface area (Å²) in [5, 5.41) is 4.32. The van der Waals surface area contributed by atoms with E-state index in [2.05, 4.69) is 48.9 Å². The summed E-state index contributed by atoms with van der Waals surface area (Å²) in [5.74, 6) is 0. The van der Waals surface area contributed by atoms with Gasteiger partial charge in [0.2, 0.25) is 0 Å². The highest BCUT2D eigenvalue weighted by Gasteiger charge is 2.02. The van der Waals surface area contributed by atoms with Crippen LogP contribution in [0.4, 0.5) is 0 Å². The molecule has 0 spiro atoms. The Morgan fingerprint density at radius 2 is 2.13 bits per heavy atom. The maximum Gasteiger partial charge on any atom is -0.00146 e. The normalized spacial score (nSPS) is 10.5. The molecule has 0 aliphatic carbocycles. The van der Waals surface area contributed by atoms with Crippen molar-refractivity contribution < 1.29 is 0 Å². The van der Waals surface area contributed by atoms with E-state index in [-0.39, 0.29) is 0 Å². The van der Waals surface area contributed by atoms with E-state index in [9.17, 15) is 0 Å². The van der Waals surface area contributed by atoms with Crippen molar-refractivity contribution in [1.29, 1.82) is 0 Å². The molecular formula is C14H15S. The number of aryl methyl sites for hydroxylation is 2. The molecule has 15 heavy (non-hydrogen) atoms. The number of thiophene rings is 1. The van der Waals surface area contributed by atoms with Crippen molar-refractivity contribution in [1.82, 2.24) is 0 Å². The molecule has 2 aromatic rings. The summed E-state index contributed by atoms with van der Waals surface area (Å²) in [6.07, 6.45) is 2.04. The first kappa shape index (κ1) is 10.4. The van der Waals surface area contributed by atoms with Crippen LogP contribution in [-0.2, 0) is 6.42 Å². The minimum atomic E-state index is 0.969. The van der Waals surface area contributed by atoms with Crippen molar-refractivity contribution in [3.05, 3.63) is 53.1 Å². The third-order valence-electron chi connectivity index (χ3n) is 2.59. The van der Waals surface area contributed by atoms with Gasteiger partial charge in [0, 0.05) is 0 Å². The summed E-state index contributed by atoms with van der Waals surface area (Å²) in [6.45, 7) is 6.06. The quantitative estimate of drug-likeness (QED) is 0.707. The van der Waals surface area contributed by atoms with E-state index in [1.165, 1.54) is 22.3 Å². The fraction of sp³-hybridized carbons (Fsp3) is 0.214. The van der Waals surface area contributed by atoms with Crippen molar-refractivity contribution in [2.24, 2.45) is 0 Å². The van der Waals surface area contributed by atoms with Crippen LogP contribution in [0.3, 0.4) is 0 Å². The molecule has 0 saturated heterocycles. The molecular weight excluding hydrogens is 200 g/mol. The molecule has 0 bridgehead atoms. The van der Waals surface area contributed by atoms with Gasteiger partial charge in [-0.3, -0.25) is 0 Å². The standard InChI is InChI=1S/C14H15S/c1-3-4-12-5-6-14(11(2)9-12)13-7-8-15-10-13/h5-10H,1,3-4H2,2H3. The highest BCUT2D eigenvalue weighted by molar-refractivity contribution is 7.08. The molecule has 0 atom stereocenters. The van der Waals surface area contributed by atoms with Crippen LogP contribution < -0.4 is 0 Å². The molecule has 0 unspecified atom stereocenters. The van der Waals surface area contributed by atoms with Gasteiger partial charge in [0.25, 0.3) is 0 Å². The number of hydrogen-bond acceptors (Lipinski definition) is 1. The van der Waals surface area contributed by atoms with E-state index in [0.29, 0.717) is 0 Å². The zero-order chi connectivity index (χ0) is 10.7. The van der Waals surface area contributed by atoms with Crippen molar-refractivity contribution >= 4 is 11.3 Å². The lowest BCUT2D eigenvalue weighted by Gasteiger charge is -2.06. The monoisotopic (exact) mass is 215 g/mol. The highest BCUT2D eigenvalue weighted by Crippen LogP contribution is 2.26. The van der Waals surface area contributed by atoms with Crippen molar-refractivity contribution in [2.45, 2.75) is 19.8 Å². The van der Waals surface area contributed by atoms with Gasteiger partial charge in [0.05, 0.1) is 0 Å². The van der Waals surface area contributed by atoms with Crippen LogP contribution in [0.1, 0.15) is 17.5 Å². The lowest BCUT2D eigenvalue weighted by Crippen LogP contribution is -1.87. The fourth-order valence-electron chi connectivity index (χ4n) is 1.83. The first-order valence-electron chi connectivity index (χ1n) is 5.22. The Labute approximate surface area is 95.6 Å². The van der Waals surface area contributed by atoms with Crippen LogP contribution in [0.2, 0.25) is 0 Å². The maximum atomic E-state index is 3.88. The summed E-state index contributed by atoms with van der Waals surface area (Å²) in [7, 11) is 0. The molecule has 0 aliphatic heterocycles. The predicted molar refractivity (Wildman–Crippen MR) is 68.2 cm³/mol. The molecule has 0 fully saturated rings. The van der Waals surface area contributed by atoms with Gasteiger partial charge in [-0.25, -0.2) is 0 Å². The second-order valence-corrected chi connectivity index (χ2v) is 4.54. The minimum absolute atomic E-state index is 0.969. The van der Waals surface area contributed by atoms with E-state index in [1.807, 2.05) is 0 Å². The molecule has 0 saturated carbocycles. The summed E-state index contributed by atoms with van der Waals surface area (Å²) < 4.78 is 0. The SMILES string of the molecule is [CH2]CCc1ccc(-c2ccsc2)c(C)c1. The van der Waals surface area contributed by atoms with Crippen LogP contribution in [0, 0.1) is 13.8 Å². The Bertz CT molecular complexity index is 427. The van der Waals surface area contributed by atoms with E-state index < -0.39 is 0 Å². The predicted octanol–water partition coefficient (Wildman–Crippen LogP) is 4.49. The molecule has 0 aliphatic rings. The third-order valence-corrected chi connectivity index (χ3v) is 3.27. The summed E-state index contributed by atoms with van der Waals surface area (Å²) in [4.78, 5) is 0. The van der Waals surface area contributed by atoms with E-state index in [1.54, 1.807) is 11.3 Å². The van der Waals surface area contributed by atoms with Crippen molar-refractivity contribution in [3.8, 4) is 11.1 Å². The van der Waals surface area contributed by atoms with Crippen molar-refractivity contribution in [3.63, 3.8) is 0 Å². The Hall–Kier alpha value is -1.08. The average molecular weight is 215 g/mol. The van der Waals surface area contributed by atoms with E-state index in [0.717, 1.165) is 12.8 Å². The van der Waals surface area contributed by atoms with Crippen LogP contribution in [0.25, 0.3) is 11.1 Å². The Morgan fingerprint density at radius 3 is 2.73 bits per heavy atom. The largest absolute Gasteiger partial charge is 0.152 e. The topological polar surface area (TPSA) is 0 Å². The van der Waals surface area contributed by atoms with Crippen LogP contribution in [0.5, 0.6) is 0 Å². The van der Waals surface area contributed by atoms with Gasteiger partial charge in [0.15, 0.2) is 0 Å². The van der Waals surface area contributed by atoms with Gasteiger partial charge < -0.3 is 0 Å². The lowest BCUT2D eigenvalue weighted by atomic mass is 9.99. The molecule has 0 nitrogen and oxygen atoms in total. The van der Waals surface area contributed by atoms with Gasteiger partial charge >= 0.3 is 0 Å². The summed E-state index contributed by atoms with van der Waals surface area (Å²) >= 11 is 1.75. The molecule has 1 heteroatoms. The van der Waals surface area contributed by atoms with Gasteiger partial charge in [-0.05, 0) is 58.8 Å². The molecule has 1 radical (unpaired) electrons. The molecule has 2 rings (SSSR count). The smallest absolute Gasteiger partial charge is 0.00146 e. The Balaban J connectivity index is 2.35. The minimum Gasteiger partial charge on any atom is -0.152 e. The first-order chi connectivity index (χ1) is 7.31. The first-order valence-corrected chi connectivity index (χ1v) is 6.17. The lowest BCUT2D eigenvalue weighted by molar-refractivity contribution is 0.997. The van der Waals surface area contributed by atoms with Gasteiger partial charge in [-0.2, -0.15) is 11.3 Å². The fourth-order valence-corrected chi connectivity index (χ4v) is 2.48. The zero-order valence-electron chi connectivity index (χ0n) is 8.99. The Morgan fingerprint density at radius 1 is 1.27 bits per heavy atom. The molecule has 1 aromatic heterocycles. The zero-order valence-corrected chi connectivity index (χ0v) is 9.81. The van der Waals surface area contributed by atoms with Gasteiger partial charge in [0.1, 0.15) is 0 Å². The molecule has 1 aromatic carbocycles. The maximum absolute atomic E-state index is 3.88. The average Bonchev–Trinajstić information content (AvgIpc) is 2.71. The van der Waals surface area contributed by atoms with E-state index in [4.69, 9.17) is 0 Å². The van der Waals surface area contributed by atoms with Crippen LogP contribution in [0.15, 0.2) is 35.0 Å². The Kier molecular flexibility index (Phi) is 3.22. The third kappa shape index (κ3) is 2.29. The van der Waals surface area contributed by atoms with Crippen LogP contribution >= 0.6 is 11.3 Å². The number of rotatable bonds is 3. The van der Waals surface area contributed by atoms with Gasteiger partial charge in [-0.1, -0.05) is 25.1 Å². The molecule has 0 amide bonds. The highest BCUT2D eigenvalue weighted by atomic mass is 32.1. The van der Waals surface area contributed by atoms with Crippen molar-refractivity contribution in [2.75, 3.05) is 0 Å². The molecule has 77 valence electrons.